The molecule has 0 unspecified atom stereocenters. The summed E-state index contributed by atoms with van der Waals surface area (Å²) in [5, 5.41) is 3.30. The van der Waals surface area contributed by atoms with Crippen molar-refractivity contribution in [3.63, 3.8) is 0 Å². The Morgan fingerprint density at radius 3 is 2.41 bits per heavy atom. The average molecular weight is 292 g/mol. The minimum absolute atomic E-state index is 0.704. The fourth-order valence-electron chi connectivity index (χ4n) is 1.75. The van der Waals surface area contributed by atoms with Crippen molar-refractivity contribution in [1.29, 1.82) is 0 Å². The number of nitrogens with two attached hydrogens (primary N) is 1. The molecule has 0 aliphatic rings. The SMILES string of the molecule is Cc1cc(Br)cc(C)c1Nc1cc(N)ccn1. The van der Waals surface area contributed by atoms with E-state index in [4.69, 9.17) is 5.73 Å². The molecule has 3 nitrogen and oxygen atoms in total. The van der Waals surface area contributed by atoms with Gasteiger partial charge in [-0.15, -0.1) is 0 Å². The first-order chi connectivity index (χ1) is 8.06. The molecule has 2 aromatic rings. The van der Waals surface area contributed by atoms with Crippen LogP contribution in [-0.2, 0) is 0 Å². The highest BCUT2D eigenvalue weighted by atomic mass is 79.9. The van der Waals surface area contributed by atoms with Gasteiger partial charge < -0.3 is 11.1 Å². The predicted molar refractivity (Wildman–Crippen MR) is 75.5 cm³/mol. The molecule has 0 fully saturated rings. The number of hydrogen-bond acceptors (Lipinski definition) is 3. The van der Waals surface area contributed by atoms with Crippen LogP contribution >= 0.6 is 15.9 Å². The molecule has 0 amide bonds. The molecule has 88 valence electrons. The zero-order valence-corrected chi connectivity index (χ0v) is 11.4. The summed E-state index contributed by atoms with van der Waals surface area (Å²) in [4.78, 5) is 4.24. The van der Waals surface area contributed by atoms with Crippen LogP contribution in [0.3, 0.4) is 0 Å². The Balaban J connectivity index is 2.36. The van der Waals surface area contributed by atoms with E-state index in [0.29, 0.717) is 5.69 Å². The van der Waals surface area contributed by atoms with Crippen LogP contribution in [0.1, 0.15) is 11.1 Å². The van der Waals surface area contributed by atoms with E-state index < -0.39 is 0 Å². The summed E-state index contributed by atoms with van der Waals surface area (Å²) in [5.41, 5.74) is 9.84. The molecule has 0 aliphatic carbocycles. The van der Waals surface area contributed by atoms with Gasteiger partial charge in [0.2, 0.25) is 0 Å². The second kappa shape index (κ2) is 4.75. The minimum atomic E-state index is 0.704. The second-order valence-corrected chi connectivity index (χ2v) is 4.93. The summed E-state index contributed by atoms with van der Waals surface area (Å²) in [7, 11) is 0. The smallest absolute Gasteiger partial charge is 0.132 e. The van der Waals surface area contributed by atoms with Crippen molar-refractivity contribution < 1.29 is 0 Å². The van der Waals surface area contributed by atoms with Crippen molar-refractivity contribution in [1.82, 2.24) is 4.98 Å². The molecule has 4 heteroatoms. The summed E-state index contributed by atoms with van der Waals surface area (Å²) in [6, 6.07) is 7.73. The number of nitrogens with one attached hydrogen (secondary N) is 1. The van der Waals surface area contributed by atoms with Crippen LogP contribution in [0.25, 0.3) is 0 Å². The molecule has 0 bridgehead atoms. The van der Waals surface area contributed by atoms with Crippen LogP contribution in [0.5, 0.6) is 0 Å². The van der Waals surface area contributed by atoms with Gasteiger partial charge in [-0.25, -0.2) is 4.98 Å². The quantitative estimate of drug-likeness (QED) is 0.885. The standard InChI is InChI=1S/C13H14BrN3/c1-8-5-10(14)6-9(2)13(8)17-12-7-11(15)3-4-16-12/h3-7H,1-2H3,(H3,15,16,17). The predicted octanol–water partition coefficient (Wildman–Crippen LogP) is 3.79. The molecule has 0 aliphatic heterocycles. The Labute approximate surface area is 109 Å². The van der Waals surface area contributed by atoms with Gasteiger partial charge in [0.15, 0.2) is 0 Å². The summed E-state index contributed by atoms with van der Waals surface area (Å²) in [6.45, 7) is 4.12. The van der Waals surface area contributed by atoms with E-state index in [1.54, 1.807) is 12.3 Å². The third kappa shape index (κ3) is 2.77. The number of nitrogens with zero attached hydrogens (tertiary/aromatic N) is 1. The molecule has 0 spiro atoms. The van der Waals surface area contributed by atoms with Crippen molar-refractivity contribution in [3.8, 4) is 0 Å². The van der Waals surface area contributed by atoms with E-state index in [0.717, 1.165) is 16.0 Å². The Bertz CT molecular complexity index is 529. The lowest BCUT2D eigenvalue weighted by Gasteiger charge is -2.13. The highest BCUT2D eigenvalue weighted by molar-refractivity contribution is 9.10. The van der Waals surface area contributed by atoms with Gasteiger partial charge in [-0.05, 0) is 43.2 Å². The van der Waals surface area contributed by atoms with E-state index in [-0.39, 0.29) is 0 Å². The minimum Gasteiger partial charge on any atom is -0.399 e. The van der Waals surface area contributed by atoms with Gasteiger partial charge >= 0.3 is 0 Å². The molecule has 3 N–H and O–H groups in total. The number of anilines is 3. The molecule has 1 aromatic carbocycles. The van der Waals surface area contributed by atoms with E-state index >= 15 is 0 Å². The summed E-state index contributed by atoms with van der Waals surface area (Å²) in [5.74, 6) is 0.763. The molecule has 1 heterocycles. The molecule has 17 heavy (non-hydrogen) atoms. The third-order valence-corrected chi connectivity index (χ3v) is 2.99. The Hall–Kier alpha value is -1.55. The lowest BCUT2D eigenvalue weighted by Crippen LogP contribution is -1.99. The first-order valence-electron chi connectivity index (χ1n) is 5.31. The molecule has 0 radical (unpaired) electrons. The number of nitrogen functional groups attached to an aromatic ring is 1. The highest BCUT2D eigenvalue weighted by Gasteiger charge is 2.05. The van der Waals surface area contributed by atoms with E-state index in [1.165, 1.54) is 11.1 Å². The zero-order valence-electron chi connectivity index (χ0n) is 9.79. The van der Waals surface area contributed by atoms with Gasteiger partial charge in [0.1, 0.15) is 5.82 Å². The summed E-state index contributed by atoms with van der Waals surface area (Å²) in [6.07, 6.45) is 1.70. The van der Waals surface area contributed by atoms with Gasteiger partial charge in [0.25, 0.3) is 0 Å². The molecule has 0 saturated heterocycles. The molecule has 0 saturated carbocycles. The number of aromatic nitrogens is 1. The maximum absolute atomic E-state index is 5.72. The van der Waals surface area contributed by atoms with Gasteiger partial charge in [-0.2, -0.15) is 0 Å². The molecule has 0 atom stereocenters. The molecule has 1 aromatic heterocycles. The monoisotopic (exact) mass is 291 g/mol. The number of hydrogen-bond donors (Lipinski definition) is 2. The van der Waals surface area contributed by atoms with Gasteiger partial charge in [0, 0.05) is 28.1 Å². The van der Waals surface area contributed by atoms with E-state index in [9.17, 15) is 0 Å². The van der Waals surface area contributed by atoms with Gasteiger partial charge in [-0.1, -0.05) is 15.9 Å². The maximum atomic E-state index is 5.72. The zero-order chi connectivity index (χ0) is 12.4. The molecular formula is C13H14BrN3. The topological polar surface area (TPSA) is 50.9 Å². The molecular weight excluding hydrogens is 278 g/mol. The lowest BCUT2D eigenvalue weighted by molar-refractivity contribution is 1.27. The number of aryl methyl sites for hydroxylation is 2. The van der Waals surface area contributed by atoms with Crippen LogP contribution in [0.4, 0.5) is 17.2 Å². The summed E-state index contributed by atoms with van der Waals surface area (Å²) >= 11 is 3.48. The number of benzene rings is 1. The van der Waals surface area contributed by atoms with Crippen molar-refractivity contribution in [2.75, 3.05) is 11.1 Å². The van der Waals surface area contributed by atoms with Crippen LogP contribution < -0.4 is 11.1 Å². The number of rotatable bonds is 2. The number of pyridine rings is 1. The van der Waals surface area contributed by atoms with Crippen LogP contribution in [0.15, 0.2) is 34.9 Å². The molecule has 2 rings (SSSR count). The van der Waals surface area contributed by atoms with Crippen LogP contribution in [-0.4, -0.2) is 4.98 Å². The van der Waals surface area contributed by atoms with Crippen LogP contribution in [0.2, 0.25) is 0 Å². The van der Waals surface area contributed by atoms with Crippen molar-refractivity contribution in [3.05, 3.63) is 46.1 Å². The highest BCUT2D eigenvalue weighted by Crippen LogP contribution is 2.27. The van der Waals surface area contributed by atoms with Gasteiger partial charge in [0.05, 0.1) is 0 Å². The normalized spacial score (nSPS) is 10.3. The van der Waals surface area contributed by atoms with Crippen molar-refractivity contribution >= 4 is 33.1 Å². The average Bonchev–Trinajstić information content (AvgIpc) is 2.23. The van der Waals surface area contributed by atoms with Crippen molar-refractivity contribution in [2.24, 2.45) is 0 Å². The fourth-order valence-corrected chi connectivity index (χ4v) is 2.44. The number of halogens is 1. The first kappa shape index (κ1) is 11.9. The van der Waals surface area contributed by atoms with Gasteiger partial charge in [-0.3, -0.25) is 0 Å². The first-order valence-corrected chi connectivity index (χ1v) is 6.11. The summed E-state index contributed by atoms with van der Waals surface area (Å²) < 4.78 is 1.08. The van der Waals surface area contributed by atoms with Crippen molar-refractivity contribution in [2.45, 2.75) is 13.8 Å². The Morgan fingerprint density at radius 2 is 1.82 bits per heavy atom. The maximum Gasteiger partial charge on any atom is 0.132 e. The van der Waals surface area contributed by atoms with E-state index in [1.807, 2.05) is 6.07 Å². The Kier molecular flexibility index (Phi) is 3.33. The second-order valence-electron chi connectivity index (χ2n) is 4.01. The van der Waals surface area contributed by atoms with E-state index in [2.05, 4.69) is 52.2 Å². The fraction of sp³-hybridized carbons (Fsp3) is 0.154. The third-order valence-electron chi connectivity index (χ3n) is 2.53. The Morgan fingerprint density at radius 1 is 1.18 bits per heavy atom. The van der Waals surface area contributed by atoms with Crippen LogP contribution in [0, 0.1) is 13.8 Å². The lowest BCUT2D eigenvalue weighted by atomic mass is 10.1. The largest absolute Gasteiger partial charge is 0.399 e.